The molecule has 0 aliphatic carbocycles. The highest BCUT2D eigenvalue weighted by Gasteiger charge is 2.42. The molecule has 8 heteroatoms. The lowest BCUT2D eigenvalue weighted by Gasteiger charge is -2.15. The van der Waals surface area contributed by atoms with E-state index in [1.807, 2.05) is 0 Å². The Bertz CT molecular complexity index is 557. The number of rotatable bonds is 3. The van der Waals surface area contributed by atoms with Gasteiger partial charge in [-0.1, -0.05) is 6.92 Å². The SMILES string of the molecule is CCC1C(=O)N(c2ccc(OC(F)(F)F)cc2)C(=O)N1C. The number of hydrogen-bond donors (Lipinski definition) is 0. The maximum absolute atomic E-state index is 12.1. The first-order valence-electron chi connectivity index (χ1n) is 6.21. The normalized spacial score (nSPS) is 19.4. The first-order valence-corrected chi connectivity index (χ1v) is 6.21. The van der Waals surface area contributed by atoms with Crippen molar-refractivity contribution >= 4 is 17.6 Å². The van der Waals surface area contributed by atoms with Crippen LogP contribution in [0.5, 0.6) is 5.75 Å². The Labute approximate surface area is 118 Å². The zero-order chi connectivity index (χ0) is 15.8. The van der Waals surface area contributed by atoms with E-state index in [0.717, 1.165) is 17.0 Å². The molecule has 21 heavy (non-hydrogen) atoms. The first kappa shape index (κ1) is 15.1. The van der Waals surface area contributed by atoms with Crippen molar-refractivity contribution in [2.75, 3.05) is 11.9 Å². The van der Waals surface area contributed by atoms with Gasteiger partial charge in [-0.15, -0.1) is 13.2 Å². The lowest BCUT2D eigenvalue weighted by atomic mass is 10.2. The number of carbonyl (C=O) groups is 2. The summed E-state index contributed by atoms with van der Waals surface area (Å²) in [7, 11) is 1.51. The Balaban J connectivity index is 2.23. The molecule has 3 amide bonds. The van der Waals surface area contributed by atoms with Gasteiger partial charge in [-0.25, -0.2) is 9.69 Å². The van der Waals surface area contributed by atoms with Crippen LogP contribution in [0.4, 0.5) is 23.7 Å². The topological polar surface area (TPSA) is 49.9 Å². The summed E-state index contributed by atoms with van der Waals surface area (Å²) in [5, 5.41) is 0. The van der Waals surface area contributed by atoms with Crippen LogP contribution in [0.25, 0.3) is 0 Å². The third kappa shape index (κ3) is 2.93. The number of urea groups is 1. The number of halogens is 3. The molecule has 0 N–H and O–H groups in total. The highest BCUT2D eigenvalue weighted by atomic mass is 19.4. The number of amides is 3. The monoisotopic (exact) mass is 302 g/mol. The molecule has 2 rings (SSSR count). The molecular formula is C13H13F3N2O3. The number of imide groups is 1. The number of carbonyl (C=O) groups excluding carboxylic acids is 2. The van der Waals surface area contributed by atoms with Crippen LogP contribution in [-0.4, -0.2) is 36.3 Å². The van der Waals surface area contributed by atoms with Crippen molar-refractivity contribution in [2.24, 2.45) is 0 Å². The Morgan fingerprint density at radius 1 is 1.19 bits per heavy atom. The summed E-state index contributed by atoms with van der Waals surface area (Å²) in [5.41, 5.74) is 0.210. The molecule has 1 aromatic carbocycles. The van der Waals surface area contributed by atoms with Crippen LogP contribution in [0.15, 0.2) is 24.3 Å². The molecule has 1 heterocycles. The number of nitrogens with zero attached hydrogens (tertiary/aromatic N) is 2. The van der Waals surface area contributed by atoms with Crippen LogP contribution in [0.2, 0.25) is 0 Å². The number of alkyl halides is 3. The van der Waals surface area contributed by atoms with E-state index in [4.69, 9.17) is 0 Å². The number of benzene rings is 1. The number of anilines is 1. The Hall–Kier alpha value is -2.25. The molecule has 1 saturated heterocycles. The van der Waals surface area contributed by atoms with Crippen LogP contribution in [0.1, 0.15) is 13.3 Å². The van der Waals surface area contributed by atoms with Gasteiger partial charge in [0, 0.05) is 7.05 Å². The number of ether oxygens (including phenoxy) is 1. The van der Waals surface area contributed by atoms with Gasteiger partial charge < -0.3 is 9.64 Å². The summed E-state index contributed by atoms with van der Waals surface area (Å²) >= 11 is 0. The maximum atomic E-state index is 12.1. The Kier molecular flexibility index (Phi) is 3.80. The molecule has 0 aromatic heterocycles. The second-order valence-electron chi connectivity index (χ2n) is 4.53. The number of likely N-dealkylation sites (N-methyl/N-ethyl adjacent to an activating group) is 1. The van der Waals surface area contributed by atoms with Crippen molar-refractivity contribution in [3.63, 3.8) is 0 Å². The minimum absolute atomic E-state index is 0.210. The summed E-state index contributed by atoms with van der Waals surface area (Å²) in [6.07, 6.45) is -4.32. The molecule has 1 aliphatic rings. The van der Waals surface area contributed by atoms with Gasteiger partial charge in [0.2, 0.25) is 0 Å². The fourth-order valence-corrected chi connectivity index (χ4v) is 2.18. The van der Waals surface area contributed by atoms with E-state index in [1.54, 1.807) is 6.92 Å². The molecular weight excluding hydrogens is 289 g/mol. The van der Waals surface area contributed by atoms with Gasteiger partial charge in [0.1, 0.15) is 11.8 Å². The molecule has 0 bridgehead atoms. The molecule has 114 valence electrons. The predicted molar refractivity (Wildman–Crippen MR) is 67.8 cm³/mol. The number of hydrogen-bond acceptors (Lipinski definition) is 3. The molecule has 1 aliphatic heterocycles. The first-order chi connectivity index (χ1) is 9.74. The lowest BCUT2D eigenvalue weighted by Crippen LogP contribution is -2.31. The van der Waals surface area contributed by atoms with Crippen molar-refractivity contribution in [2.45, 2.75) is 25.7 Å². The average molecular weight is 302 g/mol. The second-order valence-corrected chi connectivity index (χ2v) is 4.53. The van der Waals surface area contributed by atoms with Gasteiger partial charge in [0.25, 0.3) is 5.91 Å². The van der Waals surface area contributed by atoms with Crippen molar-refractivity contribution in [1.29, 1.82) is 0 Å². The summed E-state index contributed by atoms with van der Waals surface area (Å²) in [4.78, 5) is 26.4. The average Bonchev–Trinajstić information content (AvgIpc) is 2.60. The Morgan fingerprint density at radius 3 is 2.19 bits per heavy atom. The van der Waals surface area contributed by atoms with Gasteiger partial charge in [0.05, 0.1) is 5.69 Å². The highest BCUT2D eigenvalue weighted by Crippen LogP contribution is 2.29. The fraction of sp³-hybridized carbons (Fsp3) is 0.385. The van der Waals surface area contributed by atoms with E-state index < -0.39 is 30.1 Å². The van der Waals surface area contributed by atoms with Crippen molar-refractivity contribution in [3.05, 3.63) is 24.3 Å². The van der Waals surface area contributed by atoms with Crippen LogP contribution >= 0.6 is 0 Å². The van der Waals surface area contributed by atoms with E-state index in [9.17, 15) is 22.8 Å². The molecule has 1 aromatic rings. The quantitative estimate of drug-likeness (QED) is 0.807. The van der Waals surface area contributed by atoms with Crippen molar-refractivity contribution in [1.82, 2.24) is 4.90 Å². The molecule has 5 nitrogen and oxygen atoms in total. The lowest BCUT2D eigenvalue weighted by molar-refractivity contribution is -0.274. The summed E-state index contributed by atoms with van der Waals surface area (Å²) in [6, 6.07) is 3.54. The predicted octanol–water partition coefficient (Wildman–Crippen LogP) is 2.76. The molecule has 0 spiro atoms. The largest absolute Gasteiger partial charge is 0.573 e. The van der Waals surface area contributed by atoms with Gasteiger partial charge in [0.15, 0.2) is 0 Å². The van der Waals surface area contributed by atoms with Crippen LogP contribution in [0.3, 0.4) is 0 Å². The van der Waals surface area contributed by atoms with Crippen molar-refractivity contribution < 1.29 is 27.5 Å². The van der Waals surface area contributed by atoms with Gasteiger partial charge in [-0.05, 0) is 30.7 Å². The van der Waals surface area contributed by atoms with Crippen molar-refractivity contribution in [3.8, 4) is 5.75 Å². The minimum Gasteiger partial charge on any atom is -0.406 e. The van der Waals surface area contributed by atoms with E-state index in [0.29, 0.717) is 6.42 Å². The zero-order valence-electron chi connectivity index (χ0n) is 11.3. The van der Waals surface area contributed by atoms with Crippen LogP contribution < -0.4 is 9.64 Å². The smallest absolute Gasteiger partial charge is 0.406 e. The highest BCUT2D eigenvalue weighted by molar-refractivity contribution is 6.21. The molecule has 1 atom stereocenters. The van der Waals surface area contributed by atoms with Crippen LogP contribution in [-0.2, 0) is 4.79 Å². The second kappa shape index (κ2) is 5.27. The fourth-order valence-electron chi connectivity index (χ4n) is 2.18. The van der Waals surface area contributed by atoms with E-state index >= 15 is 0 Å². The van der Waals surface area contributed by atoms with Gasteiger partial charge >= 0.3 is 12.4 Å². The maximum Gasteiger partial charge on any atom is 0.573 e. The van der Waals surface area contributed by atoms with Gasteiger partial charge in [-0.3, -0.25) is 4.79 Å². The zero-order valence-corrected chi connectivity index (χ0v) is 11.3. The third-order valence-corrected chi connectivity index (χ3v) is 3.18. The molecule has 0 radical (unpaired) electrons. The van der Waals surface area contributed by atoms with E-state index in [1.165, 1.54) is 24.1 Å². The standard InChI is InChI=1S/C13H13F3N2O3/c1-3-10-11(19)18(12(20)17(10)2)8-4-6-9(7-5-8)21-13(14,15)16/h4-7,10H,3H2,1-2H3. The third-order valence-electron chi connectivity index (χ3n) is 3.18. The van der Waals surface area contributed by atoms with E-state index in [-0.39, 0.29) is 5.69 Å². The van der Waals surface area contributed by atoms with Gasteiger partial charge in [-0.2, -0.15) is 0 Å². The van der Waals surface area contributed by atoms with Crippen LogP contribution in [0, 0.1) is 0 Å². The molecule has 1 unspecified atom stereocenters. The summed E-state index contributed by atoms with van der Waals surface area (Å²) < 4.78 is 39.9. The Morgan fingerprint density at radius 2 is 1.76 bits per heavy atom. The molecule has 1 fully saturated rings. The molecule has 0 saturated carbocycles. The summed E-state index contributed by atoms with van der Waals surface area (Å²) in [5.74, 6) is -0.805. The minimum atomic E-state index is -4.78. The van der Waals surface area contributed by atoms with E-state index in [2.05, 4.69) is 4.74 Å². The summed E-state index contributed by atoms with van der Waals surface area (Å²) in [6.45, 7) is 1.77.